The first-order valence-corrected chi connectivity index (χ1v) is 9.86. The lowest BCUT2D eigenvalue weighted by Crippen LogP contribution is -2.50. The Morgan fingerprint density at radius 2 is 1.58 bits per heavy atom. The maximum Gasteiger partial charge on any atom is 0.226 e. The summed E-state index contributed by atoms with van der Waals surface area (Å²) in [6.07, 6.45) is 6.26. The minimum absolute atomic E-state index is 0.0532. The third kappa shape index (κ3) is 3.60. The van der Waals surface area contributed by atoms with Crippen molar-refractivity contribution < 1.29 is 9.59 Å². The van der Waals surface area contributed by atoms with Gasteiger partial charge in [0, 0.05) is 45.2 Å². The molecule has 3 aliphatic rings. The van der Waals surface area contributed by atoms with Crippen molar-refractivity contribution in [3.8, 4) is 0 Å². The zero-order chi connectivity index (χ0) is 17.9. The number of rotatable bonds is 3. The fraction of sp³-hybridized carbons (Fsp3) is 0.778. The summed E-state index contributed by atoms with van der Waals surface area (Å²) in [5, 5.41) is 10.2. The summed E-state index contributed by atoms with van der Waals surface area (Å²) in [5.74, 6) is 1.58. The van der Waals surface area contributed by atoms with Gasteiger partial charge in [0.1, 0.15) is 12.2 Å². The van der Waals surface area contributed by atoms with Crippen LogP contribution < -0.4 is 5.32 Å². The van der Waals surface area contributed by atoms with Gasteiger partial charge in [-0.15, -0.1) is 0 Å². The molecule has 0 spiro atoms. The van der Waals surface area contributed by atoms with Crippen molar-refractivity contribution in [2.24, 2.45) is 11.8 Å². The van der Waals surface area contributed by atoms with Gasteiger partial charge in [0.25, 0.3) is 0 Å². The summed E-state index contributed by atoms with van der Waals surface area (Å²) in [6.45, 7) is 4.65. The smallest absolute Gasteiger partial charge is 0.226 e. The maximum absolute atomic E-state index is 13.0. The van der Waals surface area contributed by atoms with Crippen molar-refractivity contribution in [2.75, 3.05) is 39.3 Å². The number of amides is 2. The molecule has 2 N–H and O–H groups in total. The van der Waals surface area contributed by atoms with Crippen LogP contribution in [-0.4, -0.2) is 76.1 Å². The van der Waals surface area contributed by atoms with Gasteiger partial charge in [-0.05, 0) is 32.1 Å². The highest BCUT2D eigenvalue weighted by molar-refractivity contribution is 5.83. The van der Waals surface area contributed by atoms with Gasteiger partial charge in [0.15, 0.2) is 0 Å². The standard InChI is InChI=1S/C18H28N6O2/c25-17(23-5-1-2-6-23)14-9-15(11-19-10-14)18(26)24-7-3-13(4-8-24)16-20-12-21-22-16/h12-15,19H,1-11H2,(H,20,21,22)/t14-,15-/m1/s1. The van der Waals surface area contributed by atoms with Crippen LogP contribution in [0.4, 0.5) is 0 Å². The number of carbonyl (C=O) groups is 2. The second-order valence-corrected chi connectivity index (χ2v) is 7.79. The number of nitrogens with one attached hydrogen (secondary N) is 2. The van der Waals surface area contributed by atoms with E-state index in [9.17, 15) is 9.59 Å². The minimum atomic E-state index is -0.0814. The Kier molecular flexibility index (Phi) is 5.19. The molecule has 2 amide bonds. The van der Waals surface area contributed by atoms with Crippen LogP contribution in [0.5, 0.6) is 0 Å². The normalized spacial score (nSPS) is 27.7. The molecule has 0 radical (unpaired) electrons. The van der Waals surface area contributed by atoms with Crippen LogP contribution in [0.1, 0.15) is 43.8 Å². The first-order valence-electron chi connectivity index (χ1n) is 9.86. The van der Waals surface area contributed by atoms with E-state index in [0.29, 0.717) is 25.4 Å². The van der Waals surface area contributed by atoms with E-state index in [1.165, 1.54) is 6.33 Å². The number of likely N-dealkylation sites (tertiary alicyclic amines) is 2. The van der Waals surface area contributed by atoms with E-state index in [1.54, 1.807) is 0 Å². The number of nitrogens with zero attached hydrogens (tertiary/aromatic N) is 4. The number of aromatic amines is 1. The molecule has 0 saturated carbocycles. The van der Waals surface area contributed by atoms with E-state index in [-0.39, 0.29) is 23.7 Å². The van der Waals surface area contributed by atoms with E-state index >= 15 is 0 Å². The summed E-state index contributed by atoms with van der Waals surface area (Å²) in [4.78, 5) is 33.8. The zero-order valence-corrected chi connectivity index (χ0v) is 15.2. The Morgan fingerprint density at radius 3 is 2.15 bits per heavy atom. The Morgan fingerprint density at radius 1 is 0.962 bits per heavy atom. The fourth-order valence-electron chi connectivity index (χ4n) is 4.56. The van der Waals surface area contributed by atoms with E-state index in [4.69, 9.17) is 0 Å². The Bertz CT molecular complexity index is 620. The molecule has 0 bridgehead atoms. The Hall–Kier alpha value is -1.96. The highest BCUT2D eigenvalue weighted by Crippen LogP contribution is 2.28. The van der Waals surface area contributed by atoms with E-state index < -0.39 is 0 Å². The molecule has 2 atom stereocenters. The van der Waals surface area contributed by atoms with Gasteiger partial charge in [-0.1, -0.05) is 0 Å². The van der Waals surface area contributed by atoms with Gasteiger partial charge in [0.05, 0.1) is 11.8 Å². The van der Waals surface area contributed by atoms with Crippen LogP contribution in [0, 0.1) is 11.8 Å². The monoisotopic (exact) mass is 360 g/mol. The minimum Gasteiger partial charge on any atom is -0.342 e. The summed E-state index contributed by atoms with van der Waals surface area (Å²) in [7, 11) is 0. The molecule has 26 heavy (non-hydrogen) atoms. The molecule has 3 aliphatic heterocycles. The summed E-state index contributed by atoms with van der Waals surface area (Å²) in [5.41, 5.74) is 0. The molecule has 1 aromatic rings. The molecule has 3 saturated heterocycles. The second kappa shape index (κ2) is 7.73. The predicted octanol–water partition coefficient (Wildman–Crippen LogP) is 0.359. The molecule has 3 fully saturated rings. The average Bonchev–Trinajstić information content (AvgIpc) is 3.41. The summed E-state index contributed by atoms with van der Waals surface area (Å²) < 4.78 is 0. The highest BCUT2D eigenvalue weighted by atomic mass is 16.2. The van der Waals surface area contributed by atoms with Crippen molar-refractivity contribution >= 4 is 11.8 Å². The second-order valence-electron chi connectivity index (χ2n) is 7.79. The third-order valence-corrected chi connectivity index (χ3v) is 6.09. The topological polar surface area (TPSA) is 94.2 Å². The fourth-order valence-corrected chi connectivity index (χ4v) is 4.56. The number of piperidine rings is 2. The summed E-state index contributed by atoms with van der Waals surface area (Å²) >= 11 is 0. The summed E-state index contributed by atoms with van der Waals surface area (Å²) in [6, 6.07) is 0. The van der Waals surface area contributed by atoms with Crippen LogP contribution in [-0.2, 0) is 9.59 Å². The molecule has 1 aromatic heterocycles. The lowest BCUT2D eigenvalue weighted by molar-refractivity contribution is -0.140. The third-order valence-electron chi connectivity index (χ3n) is 6.09. The molecular formula is C18H28N6O2. The van der Waals surface area contributed by atoms with Gasteiger partial charge in [-0.3, -0.25) is 14.7 Å². The molecule has 142 valence electrons. The maximum atomic E-state index is 13.0. The Balaban J connectivity index is 1.31. The molecule has 8 heteroatoms. The lowest BCUT2D eigenvalue weighted by Gasteiger charge is -2.36. The SMILES string of the molecule is O=C([C@H]1CNC[C@H](C(=O)N2CCC(c3ncn[nH]3)CC2)C1)N1CCCC1. The van der Waals surface area contributed by atoms with E-state index in [1.807, 2.05) is 9.80 Å². The van der Waals surface area contributed by atoms with Crippen LogP contribution in [0.2, 0.25) is 0 Å². The van der Waals surface area contributed by atoms with Crippen molar-refractivity contribution in [1.82, 2.24) is 30.3 Å². The van der Waals surface area contributed by atoms with E-state index in [2.05, 4.69) is 20.5 Å². The van der Waals surface area contributed by atoms with Crippen molar-refractivity contribution in [1.29, 1.82) is 0 Å². The van der Waals surface area contributed by atoms with Gasteiger partial charge < -0.3 is 15.1 Å². The molecule has 0 aromatic carbocycles. The molecule has 0 unspecified atom stereocenters. The van der Waals surface area contributed by atoms with E-state index in [0.717, 1.165) is 57.7 Å². The number of aromatic nitrogens is 3. The highest BCUT2D eigenvalue weighted by Gasteiger charge is 2.36. The zero-order valence-electron chi connectivity index (χ0n) is 15.2. The average molecular weight is 360 g/mol. The lowest BCUT2D eigenvalue weighted by atomic mass is 9.87. The first kappa shape index (κ1) is 17.5. The van der Waals surface area contributed by atoms with Crippen LogP contribution in [0.25, 0.3) is 0 Å². The number of hydrogen-bond donors (Lipinski definition) is 2. The molecular weight excluding hydrogens is 332 g/mol. The van der Waals surface area contributed by atoms with Crippen LogP contribution in [0.15, 0.2) is 6.33 Å². The van der Waals surface area contributed by atoms with Gasteiger partial charge >= 0.3 is 0 Å². The van der Waals surface area contributed by atoms with Gasteiger partial charge in [-0.2, -0.15) is 5.10 Å². The molecule has 8 nitrogen and oxygen atoms in total. The quantitative estimate of drug-likeness (QED) is 0.812. The van der Waals surface area contributed by atoms with Crippen LogP contribution >= 0.6 is 0 Å². The van der Waals surface area contributed by atoms with Crippen molar-refractivity contribution in [3.63, 3.8) is 0 Å². The molecule has 0 aliphatic carbocycles. The largest absolute Gasteiger partial charge is 0.342 e. The van der Waals surface area contributed by atoms with Gasteiger partial charge in [-0.25, -0.2) is 4.98 Å². The number of H-pyrrole nitrogens is 1. The first-order chi connectivity index (χ1) is 12.7. The van der Waals surface area contributed by atoms with Gasteiger partial charge in [0.2, 0.25) is 11.8 Å². The van der Waals surface area contributed by atoms with Crippen LogP contribution in [0.3, 0.4) is 0 Å². The predicted molar refractivity (Wildman–Crippen MR) is 95.2 cm³/mol. The number of carbonyl (C=O) groups excluding carboxylic acids is 2. The van der Waals surface area contributed by atoms with Crippen molar-refractivity contribution in [2.45, 2.75) is 38.0 Å². The Labute approximate surface area is 153 Å². The molecule has 4 heterocycles. The number of hydrogen-bond acceptors (Lipinski definition) is 5. The molecule has 4 rings (SSSR count). The van der Waals surface area contributed by atoms with Crippen molar-refractivity contribution in [3.05, 3.63) is 12.2 Å².